The number of amides is 1. The quantitative estimate of drug-likeness (QED) is 0.876. The second-order valence-corrected chi connectivity index (χ2v) is 5.02. The average molecular weight is 332 g/mol. The lowest BCUT2D eigenvalue weighted by atomic mass is 10.4. The molecule has 2 aromatic heterocycles. The SMILES string of the molecule is NCc1nc(C(=O)Nc2ccc(OCC(F)(F)F)nc2)cs1. The summed E-state index contributed by atoms with van der Waals surface area (Å²) in [7, 11) is 0. The number of carbonyl (C=O) groups excluding carboxylic acids is 1. The first-order chi connectivity index (χ1) is 10.4. The topological polar surface area (TPSA) is 90.1 Å². The molecule has 0 aliphatic heterocycles. The van der Waals surface area contributed by atoms with Crippen LogP contribution in [-0.2, 0) is 6.54 Å². The molecular formula is C12H11F3N4O2S. The number of nitrogens with two attached hydrogens (primary N) is 1. The van der Waals surface area contributed by atoms with E-state index in [0.29, 0.717) is 10.7 Å². The first kappa shape index (κ1) is 16.2. The molecular weight excluding hydrogens is 321 g/mol. The van der Waals surface area contributed by atoms with Gasteiger partial charge in [0.15, 0.2) is 6.61 Å². The molecule has 1 amide bonds. The minimum absolute atomic E-state index is 0.186. The van der Waals surface area contributed by atoms with Crippen molar-refractivity contribution in [3.63, 3.8) is 0 Å². The standard InChI is InChI=1S/C12H11F3N4O2S/c13-12(14,15)6-21-9-2-1-7(4-17-9)18-11(20)8-5-22-10(3-16)19-8/h1-2,4-5H,3,6,16H2,(H,18,20). The van der Waals surface area contributed by atoms with Gasteiger partial charge in [0.2, 0.25) is 5.88 Å². The summed E-state index contributed by atoms with van der Waals surface area (Å²) in [5.74, 6) is -0.642. The van der Waals surface area contributed by atoms with Crippen molar-refractivity contribution < 1.29 is 22.7 Å². The predicted molar refractivity (Wildman–Crippen MR) is 73.7 cm³/mol. The van der Waals surface area contributed by atoms with E-state index in [0.717, 1.165) is 0 Å². The Morgan fingerprint density at radius 3 is 2.73 bits per heavy atom. The Morgan fingerprint density at radius 1 is 1.41 bits per heavy atom. The van der Waals surface area contributed by atoms with E-state index in [1.807, 2.05) is 0 Å². The molecule has 3 N–H and O–H groups in total. The van der Waals surface area contributed by atoms with E-state index < -0.39 is 18.7 Å². The third-order valence-corrected chi connectivity index (χ3v) is 3.21. The molecule has 0 spiro atoms. The maximum absolute atomic E-state index is 12.0. The lowest BCUT2D eigenvalue weighted by Crippen LogP contribution is -2.19. The van der Waals surface area contributed by atoms with Crippen LogP contribution in [0.2, 0.25) is 0 Å². The molecule has 22 heavy (non-hydrogen) atoms. The molecule has 0 aliphatic rings. The van der Waals surface area contributed by atoms with Crippen LogP contribution in [0, 0.1) is 0 Å². The Balaban J connectivity index is 1.94. The van der Waals surface area contributed by atoms with Gasteiger partial charge in [0.1, 0.15) is 10.7 Å². The van der Waals surface area contributed by atoms with E-state index in [4.69, 9.17) is 5.73 Å². The third-order valence-electron chi connectivity index (χ3n) is 2.34. The van der Waals surface area contributed by atoms with Crippen LogP contribution in [0.15, 0.2) is 23.7 Å². The smallest absolute Gasteiger partial charge is 0.422 e. The summed E-state index contributed by atoms with van der Waals surface area (Å²) >= 11 is 1.26. The molecule has 0 saturated heterocycles. The summed E-state index contributed by atoms with van der Waals surface area (Å²) in [6, 6.07) is 2.61. The molecule has 6 nitrogen and oxygen atoms in total. The lowest BCUT2D eigenvalue weighted by molar-refractivity contribution is -0.154. The summed E-state index contributed by atoms with van der Waals surface area (Å²) in [6.07, 6.45) is -3.24. The molecule has 2 aromatic rings. The predicted octanol–water partition coefficient (Wildman–Crippen LogP) is 2.19. The molecule has 0 aromatic carbocycles. The van der Waals surface area contributed by atoms with Crippen LogP contribution in [0.25, 0.3) is 0 Å². The maximum atomic E-state index is 12.0. The van der Waals surface area contributed by atoms with Gasteiger partial charge in [-0.05, 0) is 6.07 Å². The summed E-state index contributed by atoms with van der Waals surface area (Å²) in [5, 5.41) is 4.70. The monoisotopic (exact) mass is 332 g/mol. The van der Waals surface area contributed by atoms with Crippen LogP contribution in [0.1, 0.15) is 15.5 Å². The van der Waals surface area contributed by atoms with Gasteiger partial charge in [0.25, 0.3) is 5.91 Å². The van der Waals surface area contributed by atoms with Crippen molar-refractivity contribution in [2.75, 3.05) is 11.9 Å². The van der Waals surface area contributed by atoms with Crippen molar-refractivity contribution in [3.8, 4) is 5.88 Å². The number of halogens is 3. The van der Waals surface area contributed by atoms with Crippen LogP contribution in [0.5, 0.6) is 5.88 Å². The first-order valence-corrected chi connectivity index (χ1v) is 6.87. The van der Waals surface area contributed by atoms with Crippen molar-refractivity contribution >= 4 is 22.9 Å². The van der Waals surface area contributed by atoms with Crippen molar-refractivity contribution in [1.29, 1.82) is 0 Å². The Kier molecular flexibility index (Phi) is 4.93. The molecule has 0 bridgehead atoms. The van der Waals surface area contributed by atoms with Crippen molar-refractivity contribution in [3.05, 3.63) is 34.4 Å². The number of carbonyl (C=O) groups is 1. The van der Waals surface area contributed by atoms with Gasteiger partial charge in [-0.25, -0.2) is 9.97 Å². The van der Waals surface area contributed by atoms with Crippen LogP contribution in [0.4, 0.5) is 18.9 Å². The molecule has 0 atom stereocenters. The summed E-state index contributed by atoms with van der Waals surface area (Å²) in [4.78, 5) is 19.6. The largest absolute Gasteiger partial charge is 0.468 e. The molecule has 0 aliphatic carbocycles. The van der Waals surface area contributed by atoms with Crippen LogP contribution in [-0.4, -0.2) is 28.7 Å². The molecule has 2 rings (SSSR count). The average Bonchev–Trinajstić information content (AvgIpc) is 2.95. The van der Waals surface area contributed by atoms with Gasteiger partial charge in [-0.1, -0.05) is 0 Å². The second-order valence-electron chi connectivity index (χ2n) is 4.07. The normalized spacial score (nSPS) is 11.3. The number of aromatic nitrogens is 2. The van der Waals surface area contributed by atoms with Crippen molar-refractivity contribution in [2.45, 2.75) is 12.7 Å². The Morgan fingerprint density at radius 2 is 2.18 bits per heavy atom. The van der Waals surface area contributed by atoms with Gasteiger partial charge in [-0.3, -0.25) is 4.79 Å². The minimum Gasteiger partial charge on any atom is -0.468 e. The molecule has 118 valence electrons. The van der Waals surface area contributed by atoms with E-state index >= 15 is 0 Å². The Hall–Kier alpha value is -2.20. The van der Waals surface area contributed by atoms with E-state index in [2.05, 4.69) is 20.0 Å². The zero-order valence-corrected chi connectivity index (χ0v) is 11.9. The highest BCUT2D eigenvalue weighted by molar-refractivity contribution is 7.09. The highest BCUT2D eigenvalue weighted by Crippen LogP contribution is 2.18. The zero-order valence-electron chi connectivity index (χ0n) is 11.1. The van der Waals surface area contributed by atoms with Crippen molar-refractivity contribution in [2.24, 2.45) is 5.73 Å². The van der Waals surface area contributed by atoms with Gasteiger partial charge in [0.05, 0.1) is 11.9 Å². The fourth-order valence-electron chi connectivity index (χ4n) is 1.40. The fourth-order valence-corrected chi connectivity index (χ4v) is 2.05. The van der Waals surface area contributed by atoms with Crippen LogP contribution < -0.4 is 15.8 Å². The second kappa shape index (κ2) is 6.71. The van der Waals surface area contributed by atoms with E-state index in [-0.39, 0.29) is 18.1 Å². The van der Waals surface area contributed by atoms with Crippen LogP contribution >= 0.6 is 11.3 Å². The van der Waals surface area contributed by atoms with E-state index in [9.17, 15) is 18.0 Å². The Labute approximate surface area is 127 Å². The number of nitrogens with zero attached hydrogens (tertiary/aromatic N) is 2. The minimum atomic E-state index is -4.43. The number of anilines is 1. The van der Waals surface area contributed by atoms with E-state index in [1.54, 1.807) is 5.38 Å². The molecule has 0 unspecified atom stereocenters. The number of nitrogens with one attached hydrogen (secondary N) is 1. The van der Waals surface area contributed by atoms with Gasteiger partial charge >= 0.3 is 6.18 Å². The summed E-state index contributed by atoms with van der Waals surface area (Å²) in [5.41, 5.74) is 5.93. The highest BCUT2D eigenvalue weighted by Gasteiger charge is 2.28. The molecule has 0 saturated carbocycles. The first-order valence-electron chi connectivity index (χ1n) is 5.99. The van der Waals surface area contributed by atoms with Gasteiger partial charge < -0.3 is 15.8 Å². The molecule has 0 radical (unpaired) electrons. The van der Waals surface area contributed by atoms with Gasteiger partial charge in [0, 0.05) is 18.0 Å². The number of pyridine rings is 1. The molecule has 2 heterocycles. The number of thiazole rings is 1. The molecule has 0 fully saturated rings. The number of rotatable bonds is 5. The summed E-state index contributed by atoms with van der Waals surface area (Å²) in [6.45, 7) is -1.18. The van der Waals surface area contributed by atoms with Gasteiger partial charge in [-0.2, -0.15) is 13.2 Å². The highest BCUT2D eigenvalue weighted by atomic mass is 32.1. The number of ether oxygens (including phenoxy) is 1. The summed E-state index contributed by atoms with van der Waals surface area (Å²) < 4.78 is 40.4. The molecule has 10 heteroatoms. The third kappa shape index (κ3) is 4.67. The zero-order chi connectivity index (χ0) is 16.2. The van der Waals surface area contributed by atoms with Gasteiger partial charge in [-0.15, -0.1) is 11.3 Å². The maximum Gasteiger partial charge on any atom is 0.422 e. The van der Waals surface area contributed by atoms with Crippen LogP contribution in [0.3, 0.4) is 0 Å². The van der Waals surface area contributed by atoms with Crippen molar-refractivity contribution in [1.82, 2.24) is 9.97 Å². The number of hydrogen-bond acceptors (Lipinski definition) is 6. The number of hydrogen-bond donors (Lipinski definition) is 2. The Bertz CT molecular complexity index is 643. The lowest BCUT2D eigenvalue weighted by Gasteiger charge is -2.08. The fraction of sp³-hybridized carbons (Fsp3) is 0.250. The number of alkyl halides is 3. The van der Waals surface area contributed by atoms with E-state index in [1.165, 1.54) is 29.7 Å².